The Labute approximate surface area is 101 Å². The first-order chi connectivity index (χ1) is 7.97. The molecule has 1 rings (SSSR count). The van der Waals surface area contributed by atoms with Gasteiger partial charge in [0.25, 0.3) is 0 Å². The fourth-order valence-electron chi connectivity index (χ4n) is 1.22. The lowest BCUT2D eigenvalue weighted by Crippen LogP contribution is -2.39. The molecule has 2 atom stereocenters. The molecular weight excluding hydrogens is 245 g/mol. The van der Waals surface area contributed by atoms with Crippen molar-refractivity contribution in [2.75, 3.05) is 17.3 Å². The quantitative estimate of drug-likeness (QED) is 0.851. The molecule has 0 spiro atoms. The molecule has 0 unspecified atom stereocenters. The molecule has 0 fully saturated rings. The smallest absolute Gasteiger partial charge is 0.320 e. The van der Waals surface area contributed by atoms with E-state index in [-0.39, 0.29) is 11.9 Å². The summed E-state index contributed by atoms with van der Waals surface area (Å²) in [6.45, 7) is 1.75. The van der Waals surface area contributed by atoms with Crippen LogP contribution in [0.2, 0.25) is 0 Å². The number of nitrogens with zero attached hydrogens (tertiary/aromatic N) is 1. The molecule has 0 aliphatic rings. The molecule has 5 nitrogen and oxygen atoms in total. The van der Waals surface area contributed by atoms with Crippen LogP contribution in [-0.2, 0) is 10.8 Å². The van der Waals surface area contributed by atoms with Crippen molar-refractivity contribution in [3.05, 3.63) is 24.1 Å². The Balaban J connectivity index is 2.44. The summed E-state index contributed by atoms with van der Waals surface area (Å²) in [6.07, 6.45) is 2.58. The molecule has 0 saturated carbocycles. The fraction of sp³-hybridized carbons (Fsp3) is 0.400. The van der Waals surface area contributed by atoms with E-state index in [0.29, 0.717) is 5.75 Å². The molecule has 17 heavy (non-hydrogen) atoms. The number of carbonyl (C=O) groups excluding carboxylic acids is 1. The molecule has 0 aromatic carbocycles. The number of urea groups is 1. The second-order valence-corrected chi connectivity index (χ2v) is 5.08. The predicted molar refractivity (Wildman–Crippen MR) is 64.7 cm³/mol. The monoisotopic (exact) mass is 259 g/mol. The molecule has 0 radical (unpaired) electrons. The van der Waals surface area contributed by atoms with E-state index in [2.05, 4.69) is 15.6 Å². The maximum atomic E-state index is 12.6. The first-order valence-electron chi connectivity index (χ1n) is 4.96. The van der Waals surface area contributed by atoms with Gasteiger partial charge in [0.1, 0.15) is 11.6 Å². The lowest BCUT2D eigenvalue weighted by molar-refractivity contribution is 0.250. The highest BCUT2D eigenvalue weighted by atomic mass is 32.2. The van der Waals surface area contributed by atoms with Gasteiger partial charge in [-0.1, -0.05) is 0 Å². The molecule has 2 amide bonds. The van der Waals surface area contributed by atoms with Gasteiger partial charge in [0, 0.05) is 28.9 Å². The van der Waals surface area contributed by atoms with Crippen LogP contribution in [0.1, 0.15) is 6.92 Å². The molecule has 2 N–H and O–H groups in total. The second-order valence-electron chi connectivity index (χ2n) is 3.60. The van der Waals surface area contributed by atoms with Crippen LogP contribution in [0.3, 0.4) is 0 Å². The molecule has 1 aromatic heterocycles. The van der Waals surface area contributed by atoms with Crippen LogP contribution in [0, 0.1) is 5.82 Å². The molecule has 1 aromatic rings. The van der Waals surface area contributed by atoms with E-state index >= 15 is 0 Å². The summed E-state index contributed by atoms with van der Waals surface area (Å²) >= 11 is 0. The van der Waals surface area contributed by atoms with E-state index in [1.807, 2.05) is 0 Å². The van der Waals surface area contributed by atoms with Gasteiger partial charge in [-0.2, -0.15) is 0 Å². The van der Waals surface area contributed by atoms with Crippen molar-refractivity contribution in [3.63, 3.8) is 0 Å². The Kier molecular flexibility index (Phi) is 5.02. The molecule has 0 bridgehead atoms. The summed E-state index contributed by atoms with van der Waals surface area (Å²) in [6, 6.07) is 1.90. The third-order valence-corrected chi connectivity index (χ3v) is 2.80. The summed E-state index contributed by atoms with van der Waals surface area (Å²) in [4.78, 5) is 15.1. The number of amides is 2. The highest BCUT2D eigenvalue weighted by Crippen LogP contribution is 2.03. The minimum atomic E-state index is -0.969. The first kappa shape index (κ1) is 13.6. The third-order valence-electron chi connectivity index (χ3n) is 1.83. The van der Waals surface area contributed by atoms with Crippen molar-refractivity contribution in [3.8, 4) is 0 Å². The van der Waals surface area contributed by atoms with Crippen LogP contribution in [-0.4, -0.2) is 33.3 Å². The number of carbonyl (C=O) groups is 1. The molecular formula is C10H14FN3O2S. The summed E-state index contributed by atoms with van der Waals surface area (Å²) in [5, 5.41) is 5.04. The molecule has 0 aliphatic heterocycles. The SMILES string of the molecule is C[C@H](C[S@](C)=O)NC(=O)Nc1ccc(F)cn1. The van der Waals surface area contributed by atoms with Crippen LogP contribution >= 0.6 is 0 Å². The second kappa shape index (κ2) is 6.29. The average Bonchev–Trinajstić information content (AvgIpc) is 2.19. The summed E-state index contributed by atoms with van der Waals surface area (Å²) in [5.41, 5.74) is 0. The van der Waals surface area contributed by atoms with Crippen LogP contribution < -0.4 is 10.6 Å². The highest BCUT2D eigenvalue weighted by Gasteiger charge is 2.09. The van der Waals surface area contributed by atoms with Gasteiger partial charge in [0.05, 0.1) is 6.20 Å². The van der Waals surface area contributed by atoms with Gasteiger partial charge in [0.2, 0.25) is 0 Å². The Morgan fingerprint density at radius 1 is 1.59 bits per heavy atom. The van der Waals surface area contributed by atoms with Gasteiger partial charge in [0.15, 0.2) is 0 Å². The maximum absolute atomic E-state index is 12.6. The van der Waals surface area contributed by atoms with Gasteiger partial charge in [-0.3, -0.25) is 9.53 Å². The number of nitrogens with one attached hydrogen (secondary N) is 2. The van der Waals surface area contributed by atoms with E-state index in [1.165, 1.54) is 12.1 Å². The third kappa shape index (κ3) is 5.39. The lowest BCUT2D eigenvalue weighted by atomic mass is 10.4. The average molecular weight is 259 g/mol. The normalized spacial score (nSPS) is 13.8. The standard InChI is InChI=1S/C10H14FN3O2S/c1-7(6-17(2)16)13-10(15)14-9-4-3-8(11)5-12-9/h3-5,7H,6H2,1-2H3,(H2,12,13,14,15)/t7-,17+/m1/s1. The number of anilines is 1. The van der Waals surface area contributed by atoms with E-state index in [1.54, 1.807) is 13.2 Å². The van der Waals surface area contributed by atoms with Crippen LogP contribution in [0.15, 0.2) is 18.3 Å². The fourth-order valence-corrected chi connectivity index (χ4v) is 2.01. The molecule has 0 saturated heterocycles. The van der Waals surface area contributed by atoms with Gasteiger partial charge in [-0.15, -0.1) is 0 Å². The molecule has 7 heteroatoms. The first-order valence-corrected chi connectivity index (χ1v) is 6.69. The molecule has 0 aliphatic carbocycles. The van der Waals surface area contributed by atoms with E-state index in [4.69, 9.17) is 0 Å². The van der Waals surface area contributed by atoms with Crippen molar-refractivity contribution in [2.45, 2.75) is 13.0 Å². The van der Waals surface area contributed by atoms with Crippen LogP contribution in [0.4, 0.5) is 15.0 Å². The Hall–Kier alpha value is -1.50. The Bertz CT molecular complexity index is 411. The van der Waals surface area contributed by atoms with Crippen LogP contribution in [0.25, 0.3) is 0 Å². The number of halogens is 1. The van der Waals surface area contributed by atoms with Crippen molar-refractivity contribution in [1.29, 1.82) is 0 Å². The zero-order valence-corrected chi connectivity index (χ0v) is 10.4. The Morgan fingerprint density at radius 2 is 2.29 bits per heavy atom. The van der Waals surface area contributed by atoms with Crippen LogP contribution in [0.5, 0.6) is 0 Å². The van der Waals surface area contributed by atoms with Gasteiger partial charge in [-0.25, -0.2) is 14.2 Å². The maximum Gasteiger partial charge on any atom is 0.320 e. The molecule has 1 heterocycles. The van der Waals surface area contributed by atoms with E-state index < -0.39 is 22.6 Å². The minimum absolute atomic E-state index is 0.207. The molecule has 94 valence electrons. The van der Waals surface area contributed by atoms with Crippen molar-refractivity contribution in [2.24, 2.45) is 0 Å². The van der Waals surface area contributed by atoms with Gasteiger partial charge >= 0.3 is 6.03 Å². The number of pyridine rings is 1. The largest absolute Gasteiger partial charge is 0.334 e. The summed E-state index contributed by atoms with van der Waals surface area (Å²) in [5.74, 6) is 0.170. The van der Waals surface area contributed by atoms with Crippen molar-refractivity contribution >= 4 is 22.6 Å². The number of rotatable bonds is 4. The predicted octanol–water partition coefficient (Wildman–Crippen LogP) is 1.11. The number of aromatic nitrogens is 1. The van der Waals surface area contributed by atoms with Gasteiger partial charge < -0.3 is 5.32 Å². The number of hydrogen-bond donors (Lipinski definition) is 2. The number of hydrogen-bond acceptors (Lipinski definition) is 3. The summed E-state index contributed by atoms with van der Waals surface area (Å²) in [7, 11) is -0.969. The topological polar surface area (TPSA) is 71.1 Å². The van der Waals surface area contributed by atoms with E-state index in [9.17, 15) is 13.4 Å². The van der Waals surface area contributed by atoms with E-state index in [0.717, 1.165) is 6.20 Å². The Morgan fingerprint density at radius 3 is 2.82 bits per heavy atom. The summed E-state index contributed by atoms with van der Waals surface area (Å²) < 4.78 is 23.5. The lowest BCUT2D eigenvalue weighted by Gasteiger charge is -2.12. The zero-order chi connectivity index (χ0) is 12.8. The van der Waals surface area contributed by atoms with Crippen molar-refractivity contribution < 1.29 is 13.4 Å². The minimum Gasteiger partial charge on any atom is -0.334 e. The highest BCUT2D eigenvalue weighted by molar-refractivity contribution is 7.84. The van der Waals surface area contributed by atoms with Crippen molar-refractivity contribution in [1.82, 2.24) is 10.3 Å². The van der Waals surface area contributed by atoms with Gasteiger partial charge in [-0.05, 0) is 19.1 Å². The zero-order valence-electron chi connectivity index (χ0n) is 9.57.